The summed E-state index contributed by atoms with van der Waals surface area (Å²) in [6, 6.07) is 8.24. The normalized spacial score (nSPS) is 10.2. The lowest BCUT2D eigenvalue weighted by atomic mass is 10.2. The van der Waals surface area contributed by atoms with Crippen LogP contribution in [0.5, 0.6) is 11.6 Å². The molecule has 6 heteroatoms. The highest BCUT2D eigenvalue weighted by Crippen LogP contribution is 2.32. The fraction of sp³-hybridized carbons (Fsp3) is 0.154. The Bertz CT molecular complexity index is 617. The van der Waals surface area contributed by atoms with Crippen LogP contribution in [0.1, 0.15) is 11.1 Å². The molecule has 0 saturated heterocycles. The van der Waals surface area contributed by atoms with Crippen molar-refractivity contribution in [2.75, 3.05) is 0 Å². The van der Waals surface area contributed by atoms with Crippen LogP contribution in [0.15, 0.2) is 36.5 Å². The van der Waals surface area contributed by atoms with Crippen molar-refractivity contribution in [2.45, 2.75) is 12.8 Å². The molecule has 2 rings (SSSR count). The molecule has 1 aromatic carbocycles. The highest BCUT2D eigenvalue weighted by Gasteiger charge is 2.17. The molecular formula is C13H11ClN2O3. The van der Waals surface area contributed by atoms with E-state index in [0.29, 0.717) is 5.56 Å². The predicted octanol–water partition coefficient (Wildman–Crippen LogP) is 3.83. The van der Waals surface area contributed by atoms with Crippen molar-refractivity contribution in [3.63, 3.8) is 0 Å². The summed E-state index contributed by atoms with van der Waals surface area (Å²) in [7, 11) is 0. The lowest BCUT2D eigenvalue weighted by Gasteiger charge is -2.08. The summed E-state index contributed by atoms with van der Waals surface area (Å²) < 4.78 is 5.51. The number of hydrogen-bond acceptors (Lipinski definition) is 4. The van der Waals surface area contributed by atoms with Crippen LogP contribution >= 0.6 is 11.6 Å². The molecule has 0 fully saturated rings. The van der Waals surface area contributed by atoms with Crippen LogP contribution in [0, 0.1) is 17.0 Å². The number of ether oxygens (including phenoxy) is 1. The Hall–Kier alpha value is -2.14. The van der Waals surface area contributed by atoms with E-state index in [9.17, 15) is 10.1 Å². The van der Waals surface area contributed by atoms with Crippen LogP contribution in [-0.4, -0.2) is 9.91 Å². The van der Waals surface area contributed by atoms with Crippen LogP contribution < -0.4 is 4.74 Å². The molecule has 0 spiro atoms. The van der Waals surface area contributed by atoms with E-state index in [1.807, 2.05) is 0 Å². The maximum Gasteiger partial charge on any atom is 0.311 e. The quantitative estimate of drug-likeness (QED) is 0.484. The predicted molar refractivity (Wildman–Crippen MR) is 71.7 cm³/mol. The monoisotopic (exact) mass is 278 g/mol. The van der Waals surface area contributed by atoms with Crippen molar-refractivity contribution in [3.8, 4) is 11.6 Å². The molecule has 2 aromatic rings. The molecule has 0 bridgehead atoms. The zero-order valence-corrected chi connectivity index (χ0v) is 10.9. The second kappa shape index (κ2) is 5.67. The smallest absolute Gasteiger partial charge is 0.311 e. The molecule has 0 N–H and O–H groups in total. The molecule has 5 nitrogen and oxygen atoms in total. The number of aryl methyl sites for hydroxylation is 1. The van der Waals surface area contributed by atoms with Crippen molar-refractivity contribution in [3.05, 3.63) is 57.8 Å². The number of halogens is 1. The fourth-order valence-electron chi connectivity index (χ4n) is 1.58. The third-order valence-electron chi connectivity index (χ3n) is 2.51. The highest BCUT2D eigenvalue weighted by molar-refractivity contribution is 6.17. The van der Waals surface area contributed by atoms with Gasteiger partial charge in [-0.1, -0.05) is 12.1 Å². The van der Waals surface area contributed by atoms with Gasteiger partial charge in [0.1, 0.15) is 0 Å². The molecule has 0 atom stereocenters. The lowest BCUT2D eigenvalue weighted by Crippen LogP contribution is -1.97. The summed E-state index contributed by atoms with van der Waals surface area (Å²) in [5.41, 5.74) is 1.38. The van der Waals surface area contributed by atoms with Gasteiger partial charge in [-0.3, -0.25) is 10.1 Å². The molecular weight excluding hydrogens is 268 g/mol. The SMILES string of the molecule is Cc1ccc(Oc2ncccc2CCl)c([N+](=O)[O-])c1. The van der Waals surface area contributed by atoms with Gasteiger partial charge in [-0.15, -0.1) is 11.6 Å². The van der Waals surface area contributed by atoms with Crippen LogP contribution in [0.4, 0.5) is 5.69 Å². The summed E-state index contributed by atoms with van der Waals surface area (Å²) in [6.07, 6.45) is 1.55. The minimum atomic E-state index is -0.481. The molecule has 0 aliphatic carbocycles. The van der Waals surface area contributed by atoms with Crippen molar-refractivity contribution < 1.29 is 9.66 Å². The number of benzene rings is 1. The van der Waals surface area contributed by atoms with Gasteiger partial charge in [-0.25, -0.2) is 4.98 Å². The number of rotatable bonds is 4. The molecule has 0 radical (unpaired) electrons. The van der Waals surface area contributed by atoms with Crippen molar-refractivity contribution in [1.29, 1.82) is 0 Å². The van der Waals surface area contributed by atoms with Gasteiger partial charge in [-0.05, 0) is 24.6 Å². The Morgan fingerprint density at radius 3 is 2.89 bits per heavy atom. The van der Waals surface area contributed by atoms with Gasteiger partial charge in [0.15, 0.2) is 0 Å². The molecule has 1 heterocycles. The first-order valence-electron chi connectivity index (χ1n) is 5.54. The first-order valence-corrected chi connectivity index (χ1v) is 6.08. The maximum atomic E-state index is 11.0. The minimum absolute atomic E-state index is 0.0915. The summed E-state index contributed by atoms with van der Waals surface area (Å²) in [5.74, 6) is 0.660. The second-order valence-corrected chi connectivity index (χ2v) is 4.20. The average molecular weight is 279 g/mol. The van der Waals surface area contributed by atoms with Crippen LogP contribution in [0.2, 0.25) is 0 Å². The number of nitrogens with zero attached hydrogens (tertiary/aromatic N) is 2. The van der Waals surface area contributed by atoms with Crippen molar-refractivity contribution in [1.82, 2.24) is 4.98 Å². The highest BCUT2D eigenvalue weighted by atomic mass is 35.5. The van der Waals surface area contributed by atoms with Gasteiger partial charge in [0.25, 0.3) is 0 Å². The van der Waals surface area contributed by atoms with Crippen molar-refractivity contribution >= 4 is 17.3 Å². The second-order valence-electron chi connectivity index (χ2n) is 3.93. The average Bonchev–Trinajstić information content (AvgIpc) is 2.41. The lowest BCUT2D eigenvalue weighted by molar-refractivity contribution is -0.385. The molecule has 0 amide bonds. The number of aromatic nitrogens is 1. The number of hydrogen-bond donors (Lipinski definition) is 0. The van der Waals surface area contributed by atoms with E-state index in [1.165, 1.54) is 6.07 Å². The molecule has 98 valence electrons. The van der Waals surface area contributed by atoms with Gasteiger partial charge in [0, 0.05) is 17.8 Å². The zero-order valence-electron chi connectivity index (χ0n) is 10.2. The molecule has 0 unspecified atom stereocenters. The molecule has 0 saturated carbocycles. The van der Waals surface area contributed by atoms with Crippen molar-refractivity contribution in [2.24, 2.45) is 0 Å². The molecule has 0 aliphatic heterocycles. The Labute approximate surface area is 115 Å². The van der Waals surface area contributed by atoms with Crippen LogP contribution in [0.3, 0.4) is 0 Å². The summed E-state index contributed by atoms with van der Waals surface area (Å²) in [5, 5.41) is 11.0. The summed E-state index contributed by atoms with van der Waals surface area (Å²) >= 11 is 5.77. The largest absolute Gasteiger partial charge is 0.431 e. The van der Waals surface area contributed by atoms with Crippen LogP contribution in [0.25, 0.3) is 0 Å². The van der Waals surface area contributed by atoms with Gasteiger partial charge in [0.2, 0.25) is 11.6 Å². The third-order valence-corrected chi connectivity index (χ3v) is 2.80. The number of alkyl halides is 1. The van der Waals surface area contributed by atoms with E-state index < -0.39 is 4.92 Å². The number of nitro groups is 1. The maximum absolute atomic E-state index is 11.0. The molecule has 1 aromatic heterocycles. The fourth-order valence-corrected chi connectivity index (χ4v) is 1.78. The number of pyridine rings is 1. The minimum Gasteiger partial charge on any atom is -0.431 e. The van der Waals surface area contributed by atoms with E-state index in [0.717, 1.165) is 5.56 Å². The van der Waals surface area contributed by atoms with Gasteiger partial charge >= 0.3 is 5.69 Å². The van der Waals surface area contributed by atoms with E-state index >= 15 is 0 Å². The standard InChI is InChI=1S/C13H11ClN2O3/c1-9-4-5-12(11(7-9)16(17)18)19-13-10(8-14)3-2-6-15-13/h2-7H,8H2,1H3. The van der Waals surface area contributed by atoms with Gasteiger partial charge in [-0.2, -0.15) is 0 Å². The Kier molecular flexibility index (Phi) is 3.97. The van der Waals surface area contributed by atoms with E-state index in [4.69, 9.17) is 16.3 Å². The van der Waals surface area contributed by atoms with Gasteiger partial charge in [0.05, 0.1) is 10.8 Å². The first kappa shape index (κ1) is 13.3. The molecule has 0 aliphatic rings. The summed E-state index contributed by atoms with van der Waals surface area (Å²) in [4.78, 5) is 14.6. The summed E-state index contributed by atoms with van der Waals surface area (Å²) in [6.45, 7) is 1.78. The Balaban J connectivity index is 2.41. The first-order chi connectivity index (χ1) is 9.11. The molecule has 19 heavy (non-hydrogen) atoms. The Morgan fingerprint density at radius 2 is 2.21 bits per heavy atom. The number of nitro benzene ring substituents is 1. The van der Waals surface area contributed by atoms with Gasteiger partial charge < -0.3 is 4.74 Å². The van der Waals surface area contributed by atoms with Crippen LogP contribution in [-0.2, 0) is 5.88 Å². The van der Waals surface area contributed by atoms with E-state index in [2.05, 4.69) is 4.98 Å². The topological polar surface area (TPSA) is 65.3 Å². The Morgan fingerprint density at radius 1 is 1.42 bits per heavy atom. The zero-order chi connectivity index (χ0) is 13.8. The van der Waals surface area contributed by atoms with E-state index in [-0.39, 0.29) is 23.2 Å². The van der Waals surface area contributed by atoms with E-state index in [1.54, 1.807) is 37.4 Å². The third kappa shape index (κ3) is 3.00.